The van der Waals surface area contributed by atoms with Crippen molar-refractivity contribution in [2.24, 2.45) is 11.3 Å². The van der Waals surface area contributed by atoms with Crippen LogP contribution in [0.4, 0.5) is 5.95 Å². The molecular weight excluding hydrogens is 338 g/mol. The van der Waals surface area contributed by atoms with Gasteiger partial charge in [0.25, 0.3) is 0 Å². The molecule has 2 saturated heterocycles. The Bertz CT molecular complexity index is 644. The van der Waals surface area contributed by atoms with E-state index in [-0.39, 0.29) is 0 Å². The SMILES string of the molecule is CCCNc1ncc(CN2CCC[C@@]3(CCN(C(=O)C4CCC4)C3)C2)cn1. The van der Waals surface area contributed by atoms with E-state index in [0.717, 1.165) is 64.5 Å². The lowest BCUT2D eigenvalue weighted by molar-refractivity contribution is -0.137. The van der Waals surface area contributed by atoms with Crippen molar-refractivity contribution in [2.75, 3.05) is 38.0 Å². The first-order chi connectivity index (χ1) is 13.2. The second-order valence-corrected chi connectivity index (χ2v) is 8.79. The van der Waals surface area contributed by atoms with Gasteiger partial charge in [-0.25, -0.2) is 9.97 Å². The standard InChI is InChI=1S/C21H33N5O/c1-2-9-22-20-23-12-17(13-24-20)14-25-10-4-7-21(15-25)8-11-26(16-21)19(27)18-5-3-6-18/h12-13,18H,2-11,14-16H2,1H3,(H,22,23,24)/t21-/m1/s1. The average Bonchev–Trinajstić information content (AvgIpc) is 3.03. The summed E-state index contributed by atoms with van der Waals surface area (Å²) in [6, 6.07) is 0. The van der Waals surface area contributed by atoms with Crippen LogP contribution in [0.25, 0.3) is 0 Å². The van der Waals surface area contributed by atoms with Crippen molar-refractivity contribution >= 4 is 11.9 Å². The maximum absolute atomic E-state index is 12.6. The zero-order chi connectivity index (χ0) is 18.7. The largest absolute Gasteiger partial charge is 0.354 e. The Morgan fingerprint density at radius 1 is 1.19 bits per heavy atom. The molecule has 3 fully saturated rings. The minimum absolute atomic E-state index is 0.307. The van der Waals surface area contributed by atoms with Crippen LogP contribution in [-0.2, 0) is 11.3 Å². The molecule has 6 nitrogen and oxygen atoms in total. The number of nitrogens with one attached hydrogen (secondary N) is 1. The van der Waals surface area contributed by atoms with Gasteiger partial charge in [0.05, 0.1) is 0 Å². The van der Waals surface area contributed by atoms with Crippen LogP contribution in [0.5, 0.6) is 0 Å². The first-order valence-electron chi connectivity index (χ1n) is 10.7. The second kappa shape index (κ2) is 8.13. The number of amides is 1. The van der Waals surface area contributed by atoms with E-state index in [1.807, 2.05) is 12.4 Å². The third-order valence-electron chi connectivity index (χ3n) is 6.59. The van der Waals surface area contributed by atoms with Gasteiger partial charge in [-0.15, -0.1) is 0 Å². The molecule has 1 saturated carbocycles. The quantitative estimate of drug-likeness (QED) is 0.833. The Kier molecular flexibility index (Phi) is 5.62. The Morgan fingerprint density at radius 2 is 2.00 bits per heavy atom. The number of anilines is 1. The summed E-state index contributed by atoms with van der Waals surface area (Å²) in [5, 5.41) is 3.23. The average molecular weight is 372 g/mol. The smallest absolute Gasteiger partial charge is 0.225 e. The highest BCUT2D eigenvalue weighted by atomic mass is 16.2. The zero-order valence-corrected chi connectivity index (χ0v) is 16.6. The van der Waals surface area contributed by atoms with Gasteiger partial charge in [-0.1, -0.05) is 13.3 Å². The zero-order valence-electron chi connectivity index (χ0n) is 16.6. The van der Waals surface area contributed by atoms with Gasteiger partial charge in [0.2, 0.25) is 11.9 Å². The molecule has 148 valence electrons. The molecule has 1 spiro atoms. The molecule has 1 N–H and O–H groups in total. The van der Waals surface area contributed by atoms with E-state index in [4.69, 9.17) is 0 Å². The molecule has 0 aromatic carbocycles. The predicted molar refractivity (Wildman–Crippen MR) is 106 cm³/mol. The Labute approximate surface area is 162 Å². The van der Waals surface area contributed by atoms with E-state index in [0.29, 0.717) is 17.2 Å². The fraction of sp³-hybridized carbons (Fsp3) is 0.762. The van der Waals surface area contributed by atoms with Crippen molar-refractivity contribution in [3.05, 3.63) is 18.0 Å². The number of carbonyl (C=O) groups excluding carboxylic acids is 1. The number of rotatable bonds is 6. The highest BCUT2D eigenvalue weighted by Gasteiger charge is 2.44. The molecule has 2 aliphatic heterocycles. The molecule has 0 unspecified atom stereocenters. The van der Waals surface area contributed by atoms with Crippen LogP contribution in [-0.4, -0.2) is 58.4 Å². The fourth-order valence-electron chi connectivity index (χ4n) is 4.84. The summed E-state index contributed by atoms with van der Waals surface area (Å²) in [5.74, 6) is 1.48. The van der Waals surface area contributed by atoms with Crippen LogP contribution in [0.1, 0.15) is 57.4 Å². The maximum Gasteiger partial charge on any atom is 0.225 e. The molecule has 0 radical (unpaired) electrons. The molecule has 1 amide bonds. The Morgan fingerprint density at radius 3 is 2.70 bits per heavy atom. The topological polar surface area (TPSA) is 61.4 Å². The summed E-state index contributed by atoms with van der Waals surface area (Å²) >= 11 is 0. The van der Waals surface area contributed by atoms with E-state index in [9.17, 15) is 4.79 Å². The van der Waals surface area contributed by atoms with E-state index in [1.165, 1.54) is 31.2 Å². The highest BCUT2D eigenvalue weighted by molar-refractivity contribution is 5.80. The highest BCUT2D eigenvalue weighted by Crippen LogP contribution is 2.41. The number of nitrogens with zero attached hydrogens (tertiary/aromatic N) is 4. The van der Waals surface area contributed by atoms with Gasteiger partial charge in [-0.2, -0.15) is 0 Å². The molecule has 3 aliphatic rings. The van der Waals surface area contributed by atoms with Gasteiger partial charge in [-0.3, -0.25) is 9.69 Å². The number of likely N-dealkylation sites (tertiary alicyclic amines) is 2. The van der Waals surface area contributed by atoms with Gasteiger partial charge in [-0.05, 0) is 45.1 Å². The van der Waals surface area contributed by atoms with Gasteiger partial charge in [0, 0.05) is 62.0 Å². The monoisotopic (exact) mass is 371 g/mol. The van der Waals surface area contributed by atoms with E-state index < -0.39 is 0 Å². The van der Waals surface area contributed by atoms with E-state index in [2.05, 4.69) is 32.0 Å². The summed E-state index contributed by atoms with van der Waals surface area (Å²) in [5.41, 5.74) is 1.48. The third kappa shape index (κ3) is 4.26. The number of hydrogen-bond donors (Lipinski definition) is 1. The molecule has 3 heterocycles. The minimum atomic E-state index is 0.307. The van der Waals surface area contributed by atoms with Crippen LogP contribution < -0.4 is 5.32 Å². The lowest BCUT2D eigenvalue weighted by Gasteiger charge is -2.40. The normalized spacial score (nSPS) is 26.3. The van der Waals surface area contributed by atoms with Gasteiger partial charge in [0.15, 0.2) is 0 Å². The van der Waals surface area contributed by atoms with Crippen molar-refractivity contribution in [1.82, 2.24) is 19.8 Å². The summed E-state index contributed by atoms with van der Waals surface area (Å²) < 4.78 is 0. The molecular formula is C21H33N5O. The van der Waals surface area contributed by atoms with Crippen LogP contribution in [0.2, 0.25) is 0 Å². The third-order valence-corrected chi connectivity index (χ3v) is 6.59. The van der Waals surface area contributed by atoms with Crippen LogP contribution in [0.15, 0.2) is 12.4 Å². The van der Waals surface area contributed by atoms with E-state index >= 15 is 0 Å². The van der Waals surface area contributed by atoms with E-state index in [1.54, 1.807) is 0 Å². The van der Waals surface area contributed by atoms with Crippen molar-refractivity contribution in [3.63, 3.8) is 0 Å². The van der Waals surface area contributed by atoms with Crippen molar-refractivity contribution in [2.45, 2.75) is 58.4 Å². The summed E-state index contributed by atoms with van der Waals surface area (Å²) in [4.78, 5) is 26.2. The second-order valence-electron chi connectivity index (χ2n) is 8.79. The molecule has 0 bridgehead atoms. The molecule has 27 heavy (non-hydrogen) atoms. The number of aromatic nitrogens is 2. The molecule has 6 heteroatoms. The summed E-state index contributed by atoms with van der Waals surface area (Å²) in [7, 11) is 0. The van der Waals surface area contributed by atoms with Crippen LogP contribution in [0.3, 0.4) is 0 Å². The number of carbonyl (C=O) groups is 1. The molecule has 1 aliphatic carbocycles. The molecule has 4 rings (SSSR count). The van der Waals surface area contributed by atoms with Gasteiger partial charge in [0.1, 0.15) is 0 Å². The fourth-order valence-corrected chi connectivity index (χ4v) is 4.84. The molecule has 1 aromatic rings. The first kappa shape index (κ1) is 18.7. The van der Waals surface area contributed by atoms with Gasteiger partial charge < -0.3 is 10.2 Å². The molecule has 1 atom stereocenters. The van der Waals surface area contributed by atoms with Crippen LogP contribution in [0, 0.1) is 11.3 Å². The van der Waals surface area contributed by atoms with Crippen LogP contribution >= 0.6 is 0 Å². The van der Waals surface area contributed by atoms with Crippen molar-refractivity contribution in [3.8, 4) is 0 Å². The maximum atomic E-state index is 12.6. The molecule has 1 aromatic heterocycles. The summed E-state index contributed by atoms with van der Waals surface area (Å²) in [6.07, 6.45) is 12.1. The lowest BCUT2D eigenvalue weighted by Crippen LogP contribution is -2.46. The lowest BCUT2D eigenvalue weighted by atomic mass is 9.79. The van der Waals surface area contributed by atoms with Gasteiger partial charge >= 0.3 is 0 Å². The Hall–Kier alpha value is -1.69. The summed E-state index contributed by atoms with van der Waals surface area (Å²) in [6.45, 7) is 8.11. The van der Waals surface area contributed by atoms with Crippen molar-refractivity contribution in [1.29, 1.82) is 0 Å². The predicted octanol–water partition coefficient (Wildman–Crippen LogP) is 2.91. The first-order valence-corrected chi connectivity index (χ1v) is 10.7. The van der Waals surface area contributed by atoms with Crippen molar-refractivity contribution < 1.29 is 4.79 Å². The Balaban J connectivity index is 1.32. The number of hydrogen-bond acceptors (Lipinski definition) is 5. The number of piperidine rings is 1. The minimum Gasteiger partial charge on any atom is -0.354 e.